The molecule has 3 aliphatic heterocycles. The number of nitrogens with one attached hydrogen (secondary N) is 1. The Balaban J connectivity index is 1.55. The van der Waals surface area contributed by atoms with Gasteiger partial charge in [0.15, 0.2) is 0 Å². The zero-order chi connectivity index (χ0) is 15.3. The first-order valence-corrected chi connectivity index (χ1v) is 7.64. The fourth-order valence-electron chi connectivity index (χ4n) is 3.36. The average Bonchev–Trinajstić information content (AvgIpc) is 3.19. The molecule has 2 bridgehead atoms. The molecule has 114 valence electrons. The van der Waals surface area contributed by atoms with Gasteiger partial charge in [-0.15, -0.1) is 0 Å². The Morgan fingerprint density at radius 3 is 2.68 bits per heavy atom. The predicted molar refractivity (Wildman–Crippen MR) is 79.9 cm³/mol. The number of ether oxygens (including phenoxy) is 1. The second-order valence-electron chi connectivity index (χ2n) is 5.93. The minimum atomic E-state index is -0.661. The summed E-state index contributed by atoms with van der Waals surface area (Å²) in [7, 11) is 0. The van der Waals surface area contributed by atoms with Crippen molar-refractivity contribution in [1.82, 2.24) is 10.2 Å². The molecule has 1 unspecified atom stereocenters. The number of carbonyl (C=O) groups is 2. The van der Waals surface area contributed by atoms with Crippen molar-refractivity contribution in [2.45, 2.75) is 24.8 Å². The summed E-state index contributed by atoms with van der Waals surface area (Å²) in [5.74, 6) is -0.746. The molecule has 0 aromatic heterocycles. The highest BCUT2D eigenvalue weighted by atomic mass is 35.5. The summed E-state index contributed by atoms with van der Waals surface area (Å²) < 4.78 is 5.84. The highest BCUT2D eigenvalue weighted by molar-refractivity contribution is 6.30. The third kappa shape index (κ3) is 2.08. The van der Waals surface area contributed by atoms with Crippen molar-refractivity contribution in [3.63, 3.8) is 0 Å². The molecule has 2 amide bonds. The van der Waals surface area contributed by atoms with E-state index < -0.39 is 11.5 Å². The van der Waals surface area contributed by atoms with E-state index in [-0.39, 0.29) is 31.0 Å². The predicted octanol–water partition coefficient (Wildman–Crippen LogP) is 1.47. The monoisotopic (exact) mass is 318 g/mol. The van der Waals surface area contributed by atoms with Gasteiger partial charge in [-0.05, 0) is 23.8 Å². The molecule has 0 radical (unpaired) electrons. The number of nitrogens with zero attached hydrogens (tertiary/aromatic N) is 1. The van der Waals surface area contributed by atoms with Crippen LogP contribution in [0.2, 0.25) is 5.02 Å². The third-order valence-corrected chi connectivity index (χ3v) is 4.82. The first-order chi connectivity index (χ1) is 10.6. The van der Waals surface area contributed by atoms with E-state index >= 15 is 0 Å². The van der Waals surface area contributed by atoms with E-state index in [1.54, 1.807) is 12.1 Å². The van der Waals surface area contributed by atoms with Gasteiger partial charge in [0.2, 0.25) is 11.8 Å². The number of likely N-dealkylation sites (tertiary alicyclic amines) is 1. The zero-order valence-corrected chi connectivity index (χ0v) is 12.5. The smallest absolute Gasteiger partial charge is 0.236 e. The summed E-state index contributed by atoms with van der Waals surface area (Å²) in [4.78, 5) is 26.3. The van der Waals surface area contributed by atoms with Crippen LogP contribution >= 0.6 is 11.6 Å². The van der Waals surface area contributed by atoms with Crippen LogP contribution < -0.4 is 5.32 Å². The second kappa shape index (κ2) is 4.91. The molecule has 3 atom stereocenters. The average molecular weight is 319 g/mol. The highest BCUT2D eigenvalue weighted by Crippen LogP contribution is 2.40. The van der Waals surface area contributed by atoms with Crippen molar-refractivity contribution in [2.24, 2.45) is 5.92 Å². The quantitative estimate of drug-likeness (QED) is 0.677. The lowest BCUT2D eigenvalue weighted by atomic mass is 9.85. The number of carbonyl (C=O) groups excluding carboxylic acids is 2. The van der Waals surface area contributed by atoms with Crippen LogP contribution in [-0.2, 0) is 20.9 Å². The normalized spacial score (nSPS) is 33.2. The minimum Gasteiger partial charge on any atom is -0.347 e. The van der Waals surface area contributed by atoms with Crippen LogP contribution in [0, 0.1) is 5.92 Å². The molecular weight excluding hydrogens is 304 g/mol. The molecule has 1 aromatic carbocycles. The van der Waals surface area contributed by atoms with E-state index in [9.17, 15) is 9.59 Å². The van der Waals surface area contributed by atoms with E-state index in [1.807, 2.05) is 24.3 Å². The number of benzene rings is 1. The lowest BCUT2D eigenvalue weighted by Gasteiger charge is -2.27. The van der Waals surface area contributed by atoms with Gasteiger partial charge in [0.05, 0.1) is 12.5 Å². The summed E-state index contributed by atoms with van der Waals surface area (Å²) in [6.45, 7) is 0.856. The molecular formula is C16H15ClN2O3. The molecule has 3 heterocycles. The molecule has 22 heavy (non-hydrogen) atoms. The SMILES string of the molecule is O=C1CC([C@]23C=C[C@H](NC2)O3)C(=O)N1Cc1ccc(Cl)cc1. The largest absolute Gasteiger partial charge is 0.347 e. The Hall–Kier alpha value is -1.69. The maximum atomic E-state index is 12.7. The molecule has 6 heteroatoms. The van der Waals surface area contributed by atoms with Crippen molar-refractivity contribution in [1.29, 1.82) is 0 Å². The van der Waals surface area contributed by atoms with E-state index in [1.165, 1.54) is 4.90 Å². The fourth-order valence-corrected chi connectivity index (χ4v) is 3.49. The topological polar surface area (TPSA) is 58.6 Å². The molecule has 2 saturated heterocycles. The lowest BCUT2D eigenvalue weighted by Crippen LogP contribution is -2.44. The van der Waals surface area contributed by atoms with E-state index in [4.69, 9.17) is 16.3 Å². The number of hydrogen-bond donors (Lipinski definition) is 1. The molecule has 5 nitrogen and oxygen atoms in total. The Kier molecular flexibility index (Phi) is 3.11. The Morgan fingerprint density at radius 1 is 1.32 bits per heavy atom. The summed E-state index contributed by atoms with van der Waals surface area (Å²) in [6, 6.07) is 7.17. The molecule has 1 N–H and O–H groups in total. The van der Waals surface area contributed by atoms with Gasteiger partial charge in [0.25, 0.3) is 0 Å². The number of hydrogen-bond acceptors (Lipinski definition) is 4. The lowest BCUT2D eigenvalue weighted by molar-refractivity contribution is -0.142. The van der Waals surface area contributed by atoms with Crippen LogP contribution in [0.15, 0.2) is 36.4 Å². The number of rotatable bonds is 3. The Morgan fingerprint density at radius 2 is 2.09 bits per heavy atom. The second-order valence-corrected chi connectivity index (χ2v) is 6.37. The van der Waals surface area contributed by atoms with Gasteiger partial charge in [-0.3, -0.25) is 19.8 Å². The van der Waals surface area contributed by atoms with Crippen LogP contribution in [0.3, 0.4) is 0 Å². The van der Waals surface area contributed by atoms with Crippen molar-refractivity contribution in [3.8, 4) is 0 Å². The summed E-state index contributed by atoms with van der Waals surface area (Å²) in [5, 5.41) is 3.81. The van der Waals surface area contributed by atoms with Gasteiger partial charge in [0.1, 0.15) is 11.8 Å². The number of fused-ring (bicyclic) bond motifs is 2. The van der Waals surface area contributed by atoms with Gasteiger partial charge in [-0.1, -0.05) is 29.8 Å². The first-order valence-electron chi connectivity index (χ1n) is 7.27. The Labute approximate surface area is 132 Å². The van der Waals surface area contributed by atoms with Gasteiger partial charge in [-0.25, -0.2) is 0 Å². The van der Waals surface area contributed by atoms with Crippen molar-refractivity contribution >= 4 is 23.4 Å². The van der Waals surface area contributed by atoms with Gasteiger partial charge >= 0.3 is 0 Å². The van der Waals surface area contributed by atoms with Gasteiger partial charge in [-0.2, -0.15) is 0 Å². The van der Waals surface area contributed by atoms with E-state index in [0.717, 1.165) is 5.56 Å². The third-order valence-electron chi connectivity index (χ3n) is 4.57. The summed E-state index contributed by atoms with van der Waals surface area (Å²) in [5.41, 5.74) is 0.223. The zero-order valence-electron chi connectivity index (χ0n) is 11.8. The van der Waals surface area contributed by atoms with Crippen molar-refractivity contribution < 1.29 is 14.3 Å². The fraction of sp³-hybridized carbons (Fsp3) is 0.375. The molecule has 0 saturated carbocycles. The highest BCUT2D eigenvalue weighted by Gasteiger charge is 2.55. The summed E-state index contributed by atoms with van der Waals surface area (Å²) >= 11 is 5.86. The molecule has 1 aromatic rings. The maximum absolute atomic E-state index is 12.7. The van der Waals surface area contributed by atoms with Crippen LogP contribution in [-0.4, -0.2) is 35.1 Å². The molecule has 2 fully saturated rings. The van der Waals surface area contributed by atoms with Crippen molar-refractivity contribution in [2.75, 3.05) is 6.54 Å². The standard InChI is InChI=1S/C16H15ClN2O3/c17-11-3-1-10(2-4-11)8-19-14(20)7-12(15(19)21)16-6-5-13(22-16)18-9-16/h1-6,12-13,18H,7-9H2/t12?,13-,16+/m1/s1. The van der Waals surface area contributed by atoms with Gasteiger partial charge in [0, 0.05) is 18.0 Å². The number of amides is 2. The summed E-state index contributed by atoms with van der Waals surface area (Å²) in [6.07, 6.45) is 3.90. The molecule has 3 aliphatic rings. The molecule has 0 spiro atoms. The molecule has 0 aliphatic carbocycles. The van der Waals surface area contributed by atoms with Crippen LogP contribution in [0.25, 0.3) is 0 Å². The number of halogens is 1. The Bertz CT molecular complexity index is 672. The maximum Gasteiger partial charge on any atom is 0.236 e. The van der Waals surface area contributed by atoms with Gasteiger partial charge < -0.3 is 4.74 Å². The van der Waals surface area contributed by atoms with E-state index in [2.05, 4.69) is 5.32 Å². The van der Waals surface area contributed by atoms with Crippen molar-refractivity contribution in [3.05, 3.63) is 47.0 Å². The molecule has 4 rings (SSSR count). The van der Waals surface area contributed by atoms with E-state index in [0.29, 0.717) is 11.6 Å². The van der Waals surface area contributed by atoms with Crippen LogP contribution in [0.5, 0.6) is 0 Å². The van der Waals surface area contributed by atoms with Crippen LogP contribution in [0.1, 0.15) is 12.0 Å². The first kappa shape index (κ1) is 13.9. The van der Waals surface area contributed by atoms with Crippen LogP contribution in [0.4, 0.5) is 0 Å². The minimum absolute atomic E-state index is 0.131. The number of imide groups is 1.